The fraction of sp³-hybridized carbons (Fsp3) is 0.500. The van der Waals surface area contributed by atoms with Gasteiger partial charge in [0.25, 0.3) is 0 Å². The predicted octanol–water partition coefficient (Wildman–Crippen LogP) is 4.17. The van der Waals surface area contributed by atoms with Gasteiger partial charge in [-0.2, -0.15) is 0 Å². The fourth-order valence-electron chi connectivity index (χ4n) is 1.51. The molecule has 0 N–H and O–H groups in total. The molecule has 13 heavy (non-hydrogen) atoms. The summed E-state index contributed by atoms with van der Waals surface area (Å²) in [6.07, 6.45) is 0.957. The number of alkyl halides is 1. The zero-order valence-electron chi connectivity index (χ0n) is 8.82. The van der Waals surface area contributed by atoms with Gasteiger partial charge in [-0.15, -0.1) is 11.6 Å². The normalized spacial score (nSPS) is 15.5. The summed E-state index contributed by atoms with van der Waals surface area (Å²) >= 11 is 6.42. The Morgan fingerprint density at radius 1 is 1.31 bits per heavy atom. The highest BCUT2D eigenvalue weighted by Gasteiger charge is 2.22. The van der Waals surface area contributed by atoms with Gasteiger partial charge in [0.2, 0.25) is 0 Å². The molecule has 0 amide bonds. The van der Waals surface area contributed by atoms with E-state index < -0.39 is 0 Å². The van der Waals surface area contributed by atoms with Gasteiger partial charge >= 0.3 is 0 Å². The topological polar surface area (TPSA) is 0 Å². The molecule has 0 bridgehead atoms. The van der Waals surface area contributed by atoms with Gasteiger partial charge in [0.15, 0.2) is 0 Å². The molecule has 1 unspecified atom stereocenters. The molecular formula is C12H17Cl. The third-order valence-corrected chi connectivity index (χ3v) is 3.30. The van der Waals surface area contributed by atoms with E-state index in [2.05, 4.69) is 45.9 Å². The van der Waals surface area contributed by atoms with E-state index in [1.807, 2.05) is 0 Å². The summed E-state index contributed by atoms with van der Waals surface area (Å²) in [5, 5.41) is 0. The van der Waals surface area contributed by atoms with Crippen LogP contribution < -0.4 is 0 Å². The van der Waals surface area contributed by atoms with Crippen molar-refractivity contribution >= 4 is 11.6 Å². The molecule has 0 heterocycles. The molecule has 72 valence electrons. The van der Waals surface area contributed by atoms with E-state index in [1.54, 1.807) is 0 Å². The molecule has 0 nitrogen and oxygen atoms in total. The number of hydrogen-bond acceptors (Lipinski definition) is 0. The highest BCUT2D eigenvalue weighted by Crippen LogP contribution is 2.34. The average molecular weight is 197 g/mol. The maximum atomic E-state index is 6.42. The van der Waals surface area contributed by atoms with Gasteiger partial charge < -0.3 is 0 Å². The Bertz CT molecular complexity index is 300. The largest absolute Gasteiger partial charge is 0.114 e. The van der Waals surface area contributed by atoms with Crippen LogP contribution in [0, 0.1) is 13.8 Å². The van der Waals surface area contributed by atoms with Gasteiger partial charge in [-0.05, 0) is 43.9 Å². The Hall–Kier alpha value is -0.490. The molecule has 0 spiro atoms. The number of aryl methyl sites for hydroxylation is 1. The van der Waals surface area contributed by atoms with Crippen LogP contribution in [-0.2, 0) is 4.87 Å². The van der Waals surface area contributed by atoms with Crippen LogP contribution in [0.2, 0.25) is 0 Å². The van der Waals surface area contributed by atoms with Crippen molar-refractivity contribution in [1.82, 2.24) is 0 Å². The van der Waals surface area contributed by atoms with Crippen LogP contribution in [0.3, 0.4) is 0 Å². The van der Waals surface area contributed by atoms with E-state index in [0.29, 0.717) is 0 Å². The molecule has 0 aliphatic rings. The van der Waals surface area contributed by atoms with E-state index in [9.17, 15) is 0 Å². The molecule has 0 aliphatic heterocycles. The maximum Gasteiger partial charge on any atom is 0.0666 e. The van der Waals surface area contributed by atoms with Gasteiger partial charge in [0.05, 0.1) is 4.87 Å². The Balaban J connectivity index is 3.22. The van der Waals surface area contributed by atoms with E-state index >= 15 is 0 Å². The lowest BCUT2D eigenvalue weighted by molar-refractivity contribution is 0.645. The second-order valence-electron chi connectivity index (χ2n) is 3.80. The van der Waals surface area contributed by atoms with Crippen LogP contribution in [0.5, 0.6) is 0 Å². The van der Waals surface area contributed by atoms with Crippen LogP contribution in [0.1, 0.15) is 37.0 Å². The summed E-state index contributed by atoms with van der Waals surface area (Å²) < 4.78 is 0. The first-order valence-corrected chi connectivity index (χ1v) is 5.12. The van der Waals surface area contributed by atoms with E-state index in [1.165, 1.54) is 16.7 Å². The molecule has 0 fully saturated rings. The highest BCUT2D eigenvalue weighted by molar-refractivity contribution is 6.23. The van der Waals surface area contributed by atoms with Crippen molar-refractivity contribution in [3.8, 4) is 0 Å². The van der Waals surface area contributed by atoms with Crippen molar-refractivity contribution < 1.29 is 0 Å². The Morgan fingerprint density at radius 2 is 1.92 bits per heavy atom. The van der Waals surface area contributed by atoms with E-state index in [4.69, 9.17) is 11.6 Å². The molecule has 0 radical (unpaired) electrons. The summed E-state index contributed by atoms with van der Waals surface area (Å²) in [7, 11) is 0. The minimum absolute atomic E-state index is 0.212. The Morgan fingerprint density at radius 3 is 2.46 bits per heavy atom. The lowest BCUT2D eigenvalue weighted by atomic mass is 9.91. The molecule has 1 atom stereocenters. The number of hydrogen-bond donors (Lipinski definition) is 0. The first kappa shape index (κ1) is 10.6. The monoisotopic (exact) mass is 196 g/mol. The van der Waals surface area contributed by atoms with Crippen molar-refractivity contribution in [1.29, 1.82) is 0 Å². The van der Waals surface area contributed by atoms with Gasteiger partial charge in [-0.25, -0.2) is 0 Å². The van der Waals surface area contributed by atoms with Crippen LogP contribution in [0.4, 0.5) is 0 Å². The smallest absolute Gasteiger partial charge is 0.0666 e. The average Bonchev–Trinajstić information content (AvgIpc) is 2.09. The molecule has 1 aromatic rings. The summed E-state index contributed by atoms with van der Waals surface area (Å²) in [5.74, 6) is 0. The second kappa shape index (κ2) is 3.71. The van der Waals surface area contributed by atoms with E-state index in [0.717, 1.165) is 6.42 Å². The molecule has 1 heteroatoms. The third kappa shape index (κ3) is 2.05. The van der Waals surface area contributed by atoms with Crippen LogP contribution in [0.25, 0.3) is 0 Å². The first-order valence-electron chi connectivity index (χ1n) is 4.74. The minimum atomic E-state index is -0.212. The van der Waals surface area contributed by atoms with Gasteiger partial charge in [0.1, 0.15) is 0 Å². The molecule has 0 aromatic heterocycles. The summed E-state index contributed by atoms with van der Waals surface area (Å²) in [6.45, 7) is 8.47. The Kier molecular flexibility index (Phi) is 3.02. The zero-order chi connectivity index (χ0) is 10.1. The molecule has 1 rings (SSSR count). The quantitative estimate of drug-likeness (QED) is 0.623. The van der Waals surface area contributed by atoms with Gasteiger partial charge in [-0.1, -0.05) is 25.1 Å². The number of halogens is 1. The standard InChI is InChI=1S/C12H17Cl/c1-5-12(4,13)11-8-6-7-9(2)10(11)3/h6-8H,5H2,1-4H3. The molecule has 0 saturated heterocycles. The fourth-order valence-corrected chi connectivity index (χ4v) is 1.71. The molecule has 0 aliphatic carbocycles. The lowest BCUT2D eigenvalue weighted by Gasteiger charge is -2.23. The summed E-state index contributed by atoms with van der Waals surface area (Å²) in [4.78, 5) is -0.212. The summed E-state index contributed by atoms with van der Waals surface area (Å²) in [5.41, 5.74) is 3.90. The summed E-state index contributed by atoms with van der Waals surface area (Å²) in [6, 6.07) is 6.33. The molecule has 0 saturated carbocycles. The lowest BCUT2D eigenvalue weighted by Crippen LogP contribution is -2.14. The number of benzene rings is 1. The maximum absolute atomic E-state index is 6.42. The Labute approximate surface area is 85.9 Å². The van der Waals surface area contributed by atoms with Gasteiger partial charge in [-0.3, -0.25) is 0 Å². The van der Waals surface area contributed by atoms with Crippen molar-refractivity contribution in [2.45, 2.75) is 39.0 Å². The second-order valence-corrected chi connectivity index (χ2v) is 4.63. The zero-order valence-corrected chi connectivity index (χ0v) is 9.57. The van der Waals surface area contributed by atoms with Crippen molar-refractivity contribution in [2.24, 2.45) is 0 Å². The molecular weight excluding hydrogens is 180 g/mol. The van der Waals surface area contributed by atoms with Gasteiger partial charge in [0, 0.05) is 0 Å². The van der Waals surface area contributed by atoms with Crippen molar-refractivity contribution in [3.05, 3.63) is 34.9 Å². The van der Waals surface area contributed by atoms with Crippen molar-refractivity contribution in [2.75, 3.05) is 0 Å². The van der Waals surface area contributed by atoms with Crippen LogP contribution in [-0.4, -0.2) is 0 Å². The van der Waals surface area contributed by atoms with Crippen LogP contribution >= 0.6 is 11.6 Å². The van der Waals surface area contributed by atoms with E-state index in [-0.39, 0.29) is 4.87 Å². The number of rotatable bonds is 2. The van der Waals surface area contributed by atoms with Crippen molar-refractivity contribution in [3.63, 3.8) is 0 Å². The minimum Gasteiger partial charge on any atom is -0.114 e. The SMILES string of the molecule is CCC(C)(Cl)c1cccc(C)c1C. The highest BCUT2D eigenvalue weighted by atomic mass is 35.5. The third-order valence-electron chi connectivity index (χ3n) is 2.83. The first-order chi connectivity index (χ1) is 5.99. The van der Waals surface area contributed by atoms with Crippen LogP contribution in [0.15, 0.2) is 18.2 Å². The molecule has 1 aromatic carbocycles. The predicted molar refractivity (Wildman–Crippen MR) is 59.4 cm³/mol.